The molecule has 1 rings (SSSR count). The van der Waals surface area contributed by atoms with E-state index in [1.165, 1.54) is 0 Å². The van der Waals surface area contributed by atoms with E-state index in [0.717, 1.165) is 19.4 Å². The van der Waals surface area contributed by atoms with E-state index in [1.807, 2.05) is 34.6 Å². The van der Waals surface area contributed by atoms with Crippen molar-refractivity contribution in [1.82, 2.24) is 15.1 Å². The van der Waals surface area contributed by atoms with Crippen LogP contribution in [0.1, 0.15) is 82.1 Å². The first-order valence-electron chi connectivity index (χ1n) is 12.8. The number of piperidine rings is 1. The number of carbonyl (C=O) groups is 3. The molecule has 0 bridgehead atoms. The first-order chi connectivity index (χ1) is 15.6. The molecule has 7 nitrogen and oxygen atoms in total. The van der Waals surface area contributed by atoms with Gasteiger partial charge in [0.15, 0.2) is 0 Å². The van der Waals surface area contributed by atoms with Crippen LogP contribution in [0.5, 0.6) is 0 Å². The van der Waals surface area contributed by atoms with E-state index >= 15 is 0 Å². The average molecular weight is 480 g/mol. The lowest BCUT2D eigenvalue weighted by molar-refractivity contribution is -0.142. The molecule has 0 radical (unpaired) electrons. The second kappa shape index (κ2) is 12.7. The van der Waals surface area contributed by atoms with Gasteiger partial charge in [-0.15, -0.1) is 0 Å². The van der Waals surface area contributed by atoms with Gasteiger partial charge in [-0.2, -0.15) is 0 Å². The van der Waals surface area contributed by atoms with Gasteiger partial charge in [-0.25, -0.2) is 4.79 Å². The summed E-state index contributed by atoms with van der Waals surface area (Å²) < 4.78 is 5.11. The second-order valence-corrected chi connectivity index (χ2v) is 11.6. The molecule has 1 aliphatic heterocycles. The summed E-state index contributed by atoms with van der Waals surface area (Å²) in [6.45, 7) is 21.0. The predicted octanol–water partition coefficient (Wildman–Crippen LogP) is 4.02. The molecule has 0 aromatic carbocycles. The molecule has 7 heteroatoms. The zero-order valence-electron chi connectivity index (χ0n) is 23.4. The molecule has 0 saturated carbocycles. The average Bonchev–Trinajstić information content (AvgIpc) is 2.73. The lowest BCUT2D eigenvalue weighted by atomic mass is 9.84. The van der Waals surface area contributed by atoms with E-state index in [0.29, 0.717) is 18.1 Å². The molecule has 4 atom stereocenters. The lowest BCUT2D eigenvalue weighted by Gasteiger charge is -2.42. The van der Waals surface area contributed by atoms with E-state index in [1.54, 1.807) is 31.9 Å². The normalized spacial score (nSPS) is 21.9. The second-order valence-electron chi connectivity index (χ2n) is 11.6. The van der Waals surface area contributed by atoms with Crippen molar-refractivity contribution in [2.45, 2.75) is 106 Å². The Morgan fingerprint density at radius 3 is 2.21 bits per heavy atom. The number of hydrogen-bond acceptors (Lipinski definition) is 5. The molecule has 1 aliphatic rings. The Kier molecular flexibility index (Phi) is 11.3. The molecule has 0 aliphatic carbocycles. The van der Waals surface area contributed by atoms with E-state index in [4.69, 9.17) is 4.74 Å². The Morgan fingerprint density at radius 2 is 1.74 bits per heavy atom. The van der Waals surface area contributed by atoms with Crippen LogP contribution in [0.3, 0.4) is 0 Å². The van der Waals surface area contributed by atoms with Crippen molar-refractivity contribution in [3.8, 4) is 0 Å². The maximum atomic E-state index is 13.8. The van der Waals surface area contributed by atoms with E-state index in [-0.39, 0.29) is 41.8 Å². The van der Waals surface area contributed by atoms with Crippen LogP contribution in [0.4, 0.5) is 0 Å². The van der Waals surface area contributed by atoms with Gasteiger partial charge < -0.3 is 15.0 Å². The van der Waals surface area contributed by atoms with Crippen LogP contribution in [0.25, 0.3) is 0 Å². The van der Waals surface area contributed by atoms with Crippen molar-refractivity contribution >= 4 is 17.8 Å². The molecule has 0 spiro atoms. The fraction of sp³-hybridized carbons (Fsp3) is 0.815. The van der Waals surface area contributed by atoms with Crippen molar-refractivity contribution in [3.63, 3.8) is 0 Å². The number of nitrogens with one attached hydrogen (secondary N) is 1. The van der Waals surface area contributed by atoms with Crippen molar-refractivity contribution < 1.29 is 19.1 Å². The number of nitrogens with zero attached hydrogens (tertiary/aromatic N) is 2. The largest absolute Gasteiger partial charge is 0.463 e. The molecule has 0 aromatic heterocycles. The van der Waals surface area contributed by atoms with Gasteiger partial charge in [0, 0.05) is 25.2 Å². The minimum Gasteiger partial charge on any atom is -0.463 e. The third-order valence-electron chi connectivity index (χ3n) is 6.72. The molecule has 34 heavy (non-hydrogen) atoms. The summed E-state index contributed by atoms with van der Waals surface area (Å²) in [6.07, 6.45) is 3.59. The number of likely N-dealkylation sites (tertiary alicyclic amines) is 1. The molecule has 1 fully saturated rings. The van der Waals surface area contributed by atoms with Gasteiger partial charge in [0.25, 0.3) is 0 Å². The number of carbonyl (C=O) groups excluding carboxylic acids is 3. The molecule has 0 aromatic rings. The van der Waals surface area contributed by atoms with E-state index in [9.17, 15) is 14.4 Å². The molecular weight excluding hydrogens is 430 g/mol. The number of amides is 2. The highest BCUT2D eigenvalue weighted by molar-refractivity contribution is 5.91. The van der Waals surface area contributed by atoms with Crippen LogP contribution in [0.15, 0.2) is 11.6 Å². The van der Waals surface area contributed by atoms with Gasteiger partial charge in [-0.3, -0.25) is 14.5 Å². The fourth-order valence-electron chi connectivity index (χ4n) is 4.60. The number of likely N-dealkylation sites (N-methyl/N-ethyl adjacent to an activating group) is 1. The summed E-state index contributed by atoms with van der Waals surface area (Å²) in [5.74, 6) is 0.00842. The summed E-state index contributed by atoms with van der Waals surface area (Å²) in [5.41, 5.74) is -0.00648. The maximum Gasteiger partial charge on any atom is 0.333 e. The lowest BCUT2D eigenvalue weighted by Crippen LogP contribution is -2.61. The highest BCUT2D eigenvalue weighted by atomic mass is 16.5. The first-order valence-corrected chi connectivity index (χ1v) is 12.8. The van der Waals surface area contributed by atoms with Crippen LogP contribution in [-0.2, 0) is 19.1 Å². The van der Waals surface area contributed by atoms with Gasteiger partial charge in [-0.1, -0.05) is 47.6 Å². The van der Waals surface area contributed by atoms with Crippen LogP contribution in [0, 0.1) is 17.3 Å². The van der Waals surface area contributed by atoms with Gasteiger partial charge in [0.1, 0.15) is 6.04 Å². The molecule has 1 N–H and O–H groups in total. The Balaban J connectivity index is 3.17. The zero-order chi connectivity index (χ0) is 26.4. The molecular formula is C27H49N3O4. The number of ether oxygens (including phenoxy) is 1. The summed E-state index contributed by atoms with van der Waals surface area (Å²) in [5, 5.41) is 3.11. The first kappa shape index (κ1) is 30.1. The van der Waals surface area contributed by atoms with Gasteiger partial charge in [0.05, 0.1) is 18.7 Å². The van der Waals surface area contributed by atoms with Crippen molar-refractivity contribution in [3.05, 3.63) is 11.6 Å². The van der Waals surface area contributed by atoms with E-state index in [2.05, 4.69) is 31.0 Å². The zero-order valence-corrected chi connectivity index (χ0v) is 23.4. The van der Waals surface area contributed by atoms with Crippen molar-refractivity contribution in [2.75, 3.05) is 20.2 Å². The Morgan fingerprint density at radius 1 is 1.15 bits per heavy atom. The van der Waals surface area contributed by atoms with Crippen LogP contribution >= 0.6 is 0 Å². The van der Waals surface area contributed by atoms with Crippen molar-refractivity contribution in [2.24, 2.45) is 17.3 Å². The SMILES string of the molecule is CCOC(=O)/C(C)=C/[C@H](C(C)C)N(C)C(=O)[C@@H](NC(=O)[C@@H]1CC[C@H](C)CN1C(C)C)C(C)(C)C. The van der Waals surface area contributed by atoms with Crippen LogP contribution < -0.4 is 5.32 Å². The minimum absolute atomic E-state index is 0.0749. The standard InChI is InChI=1S/C27H49N3O4/c1-12-34-26(33)20(7)15-22(17(2)3)29(11)25(32)23(27(8,9)10)28-24(31)21-14-13-19(6)16-30(21)18(4)5/h15,17-19,21-23H,12-14,16H2,1-11H3,(H,28,31)/b20-15+/t19-,21-,22+,23+/m0/s1. The third-order valence-corrected chi connectivity index (χ3v) is 6.72. The van der Waals surface area contributed by atoms with Crippen LogP contribution in [0.2, 0.25) is 0 Å². The third kappa shape index (κ3) is 8.10. The smallest absolute Gasteiger partial charge is 0.333 e. The number of hydrogen-bond donors (Lipinski definition) is 1. The fourth-order valence-corrected chi connectivity index (χ4v) is 4.60. The quantitative estimate of drug-likeness (QED) is 0.399. The molecule has 1 saturated heterocycles. The molecule has 2 amide bonds. The van der Waals surface area contributed by atoms with Gasteiger partial charge >= 0.3 is 5.97 Å². The van der Waals surface area contributed by atoms with Crippen LogP contribution in [-0.4, -0.2) is 72.0 Å². The number of esters is 1. The predicted molar refractivity (Wildman–Crippen MR) is 137 cm³/mol. The van der Waals surface area contributed by atoms with Gasteiger partial charge in [0.2, 0.25) is 11.8 Å². The Labute approximate surface area is 207 Å². The maximum absolute atomic E-state index is 13.8. The summed E-state index contributed by atoms with van der Waals surface area (Å²) >= 11 is 0. The highest BCUT2D eigenvalue weighted by Crippen LogP contribution is 2.27. The summed E-state index contributed by atoms with van der Waals surface area (Å²) in [6, 6.07) is -0.963. The number of rotatable bonds is 9. The topological polar surface area (TPSA) is 79.0 Å². The van der Waals surface area contributed by atoms with E-state index < -0.39 is 11.5 Å². The van der Waals surface area contributed by atoms with Crippen molar-refractivity contribution in [1.29, 1.82) is 0 Å². The minimum atomic E-state index is -0.684. The molecule has 196 valence electrons. The molecule has 1 heterocycles. The monoisotopic (exact) mass is 479 g/mol. The molecule has 0 unspecified atom stereocenters. The van der Waals surface area contributed by atoms with Gasteiger partial charge in [-0.05, 0) is 57.8 Å². The summed E-state index contributed by atoms with van der Waals surface area (Å²) in [7, 11) is 1.75. The summed E-state index contributed by atoms with van der Waals surface area (Å²) in [4.78, 5) is 43.3. The Bertz CT molecular complexity index is 739. The Hall–Kier alpha value is -1.89. The highest BCUT2D eigenvalue weighted by Gasteiger charge is 2.40.